The Hall–Kier alpha value is -1.21. The van der Waals surface area contributed by atoms with Gasteiger partial charge in [0, 0.05) is 13.1 Å². The lowest BCUT2D eigenvalue weighted by Crippen LogP contribution is -2.32. The van der Waals surface area contributed by atoms with E-state index < -0.39 is 0 Å². The molecule has 1 N–H and O–H groups in total. The predicted octanol–water partition coefficient (Wildman–Crippen LogP) is 0.603. The smallest absolute Gasteiger partial charge is 0.410 e. The molecule has 0 aromatic carbocycles. The molecule has 1 fully saturated rings. The van der Waals surface area contributed by atoms with Crippen molar-refractivity contribution in [2.24, 2.45) is 0 Å². The summed E-state index contributed by atoms with van der Waals surface area (Å²) < 4.78 is 4.79. The second-order valence-corrected chi connectivity index (χ2v) is 3.33. The Labute approximate surface area is 83.8 Å². The molecule has 1 unspecified atom stereocenters. The minimum Gasteiger partial charge on any atom is -0.436 e. The summed E-state index contributed by atoms with van der Waals surface area (Å²) in [6, 6.07) is 0. The first-order valence-electron chi connectivity index (χ1n) is 4.77. The summed E-state index contributed by atoms with van der Waals surface area (Å²) >= 11 is 0. The molecule has 1 amide bonds. The Morgan fingerprint density at radius 3 is 3.07 bits per heavy atom. The number of amides is 1. The molecule has 0 aliphatic carbocycles. The minimum absolute atomic E-state index is 0.0118. The van der Waals surface area contributed by atoms with Crippen molar-refractivity contribution in [3.63, 3.8) is 0 Å². The number of aliphatic hydroxyl groups is 1. The maximum absolute atomic E-state index is 11.3. The molecule has 1 aliphatic heterocycles. The quantitative estimate of drug-likeness (QED) is 0.626. The second-order valence-electron chi connectivity index (χ2n) is 3.33. The summed E-state index contributed by atoms with van der Waals surface area (Å²) in [5.74, 6) is 2.24. The van der Waals surface area contributed by atoms with Crippen LogP contribution in [0.3, 0.4) is 0 Å². The van der Waals surface area contributed by atoms with Gasteiger partial charge in [-0.25, -0.2) is 4.79 Å². The van der Waals surface area contributed by atoms with E-state index in [0.717, 1.165) is 12.8 Å². The summed E-state index contributed by atoms with van der Waals surface area (Å²) in [6.45, 7) is 1.20. The lowest BCUT2D eigenvalue weighted by Gasteiger charge is -2.18. The highest BCUT2D eigenvalue weighted by atomic mass is 16.6. The Morgan fingerprint density at radius 2 is 2.36 bits per heavy atom. The van der Waals surface area contributed by atoms with E-state index in [1.165, 1.54) is 0 Å². The third-order valence-corrected chi connectivity index (χ3v) is 2.23. The largest absolute Gasteiger partial charge is 0.436 e. The molecule has 1 rings (SSSR count). The maximum Gasteiger partial charge on any atom is 0.410 e. The van der Waals surface area contributed by atoms with Gasteiger partial charge in [-0.05, 0) is 19.3 Å². The fraction of sp³-hybridized carbons (Fsp3) is 0.700. The number of aliphatic hydroxyl groups excluding tert-OH is 1. The number of nitrogens with zero attached hydrogens (tertiary/aromatic N) is 1. The molecule has 0 radical (unpaired) electrons. The van der Waals surface area contributed by atoms with E-state index in [4.69, 9.17) is 11.2 Å². The van der Waals surface area contributed by atoms with Gasteiger partial charge < -0.3 is 14.7 Å². The normalized spacial score (nSPS) is 22.3. The van der Waals surface area contributed by atoms with Gasteiger partial charge in [-0.3, -0.25) is 0 Å². The zero-order valence-electron chi connectivity index (χ0n) is 8.11. The third-order valence-electron chi connectivity index (χ3n) is 2.23. The number of terminal acetylenes is 1. The first-order valence-corrected chi connectivity index (χ1v) is 4.77. The number of likely N-dealkylation sites (tertiary alicyclic amines) is 1. The van der Waals surface area contributed by atoms with Crippen LogP contribution in [0.15, 0.2) is 0 Å². The van der Waals surface area contributed by atoms with Crippen molar-refractivity contribution in [2.45, 2.75) is 25.4 Å². The number of ether oxygens (including phenoxy) is 1. The fourth-order valence-corrected chi connectivity index (χ4v) is 1.46. The molecule has 1 heterocycles. The molecular weight excluding hydrogens is 182 g/mol. The van der Waals surface area contributed by atoms with Crippen molar-refractivity contribution in [1.29, 1.82) is 0 Å². The van der Waals surface area contributed by atoms with Crippen LogP contribution in [0.25, 0.3) is 0 Å². The first kappa shape index (κ1) is 10.9. The standard InChI is InChI=1S/C10H15NO3/c1-2-8-14-10(13)11-6-3-4-9(12)5-7-11/h1,9,12H,3-8H2. The summed E-state index contributed by atoms with van der Waals surface area (Å²) in [4.78, 5) is 12.9. The van der Waals surface area contributed by atoms with Crippen LogP contribution in [-0.2, 0) is 4.74 Å². The van der Waals surface area contributed by atoms with Gasteiger partial charge in [0.1, 0.15) is 0 Å². The van der Waals surface area contributed by atoms with Crippen LogP contribution < -0.4 is 0 Å². The number of hydrogen-bond acceptors (Lipinski definition) is 3. The fourth-order valence-electron chi connectivity index (χ4n) is 1.46. The summed E-state index contributed by atoms with van der Waals surface area (Å²) in [7, 11) is 0. The molecule has 4 heteroatoms. The Morgan fingerprint density at radius 1 is 1.57 bits per heavy atom. The molecule has 0 aromatic heterocycles. The van der Waals surface area contributed by atoms with Gasteiger partial charge in [-0.1, -0.05) is 5.92 Å². The van der Waals surface area contributed by atoms with E-state index >= 15 is 0 Å². The summed E-state index contributed by atoms with van der Waals surface area (Å²) in [5, 5.41) is 9.35. The zero-order valence-corrected chi connectivity index (χ0v) is 8.11. The Balaban J connectivity index is 2.36. The Bertz CT molecular complexity index is 234. The van der Waals surface area contributed by atoms with Gasteiger partial charge >= 0.3 is 6.09 Å². The van der Waals surface area contributed by atoms with Crippen LogP contribution in [-0.4, -0.2) is 41.9 Å². The first-order chi connectivity index (χ1) is 6.74. The van der Waals surface area contributed by atoms with Crippen LogP contribution in [0.2, 0.25) is 0 Å². The van der Waals surface area contributed by atoms with Gasteiger partial charge in [-0.15, -0.1) is 6.42 Å². The van der Waals surface area contributed by atoms with Crippen LogP contribution in [0.4, 0.5) is 4.79 Å². The van der Waals surface area contributed by atoms with Gasteiger partial charge in [0.15, 0.2) is 6.61 Å². The third kappa shape index (κ3) is 3.27. The molecule has 1 saturated heterocycles. The number of carbonyl (C=O) groups is 1. The molecular formula is C10H15NO3. The van der Waals surface area contributed by atoms with Crippen LogP contribution >= 0.6 is 0 Å². The van der Waals surface area contributed by atoms with E-state index in [0.29, 0.717) is 19.5 Å². The van der Waals surface area contributed by atoms with Gasteiger partial charge in [0.25, 0.3) is 0 Å². The lowest BCUT2D eigenvalue weighted by molar-refractivity contribution is 0.111. The average Bonchev–Trinajstić information content (AvgIpc) is 2.39. The minimum atomic E-state index is -0.378. The molecule has 4 nitrogen and oxygen atoms in total. The van der Waals surface area contributed by atoms with E-state index in [1.54, 1.807) is 4.90 Å². The van der Waals surface area contributed by atoms with Crippen LogP contribution in [0, 0.1) is 12.3 Å². The van der Waals surface area contributed by atoms with Crippen molar-refractivity contribution in [3.05, 3.63) is 0 Å². The molecule has 0 bridgehead atoms. The van der Waals surface area contributed by atoms with E-state index in [1.807, 2.05) is 0 Å². The number of carbonyl (C=O) groups excluding carboxylic acids is 1. The topological polar surface area (TPSA) is 49.8 Å². The second kappa shape index (κ2) is 5.51. The summed E-state index contributed by atoms with van der Waals surface area (Å²) in [6.07, 6.45) is 6.48. The van der Waals surface area contributed by atoms with Crippen LogP contribution in [0.1, 0.15) is 19.3 Å². The van der Waals surface area contributed by atoms with Crippen molar-refractivity contribution in [1.82, 2.24) is 4.90 Å². The molecule has 1 aliphatic rings. The van der Waals surface area contributed by atoms with Crippen molar-refractivity contribution < 1.29 is 14.6 Å². The van der Waals surface area contributed by atoms with Gasteiger partial charge in [0.05, 0.1) is 6.10 Å². The van der Waals surface area contributed by atoms with E-state index in [9.17, 15) is 9.90 Å². The SMILES string of the molecule is C#CCOC(=O)N1CCCC(O)CC1. The molecule has 1 atom stereocenters. The number of hydrogen-bond donors (Lipinski definition) is 1. The highest BCUT2D eigenvalue weighted by Crippen LogP contribution is 2.11. The number of rotatable bonds is 1. The average molecular weight is 197 g/mol. The molecule has 0 aromatic rings. The molecule has 0 saturated carbocycles. The van der Waals surface area contributed by atoms with E-state index in [-0.39, 0.29) is 18.8 Å². The van der Waals surface area contributed by atoms with Crippen molar-refractivity contribution in [3.8, 4) is 12.3 Å². The Kier molecular flexibility index (Phi) is 4.27. The predicted molar refractivity (Wildman–Crippen MR) is 51.6 cm³/mol. The zero-order chi connectivity index (χ0) is 10.4. The summed E-state index contributed by atoms with van der Waals surface area (Å²) in [5.41, 5.74) is 0. The van der Waals surface area contributed by atoms with E-state index in [2.05, 4.69) is 5.92 Å². The highest BCUT2D eigenvalue weighted by molar-refractivity contribution is 5.67. The van der Waals surface area contributed by atoms with Gasteiger partial charge in [-0.2, -0.15) is 0 Å². The van der Waals surface area contributed by atoms with Crippen LogP contribution in [0.5, 0.6) is 0 Å². The van der Waals surface area contributed by atoms with Crippen molar-refractivity contribution in [2.75, 3.05) is 19.7 Å². The van der Waals surface area contributed by atoms with Gasteiger partial charge in [0.2, 0.25) is 0 Å². The molecule has 78 valence electrons. The monoisotopic (exact) mass is 197 g/mol. The molecule has 14 heavy (non-hydrogen) atoms. The molecule has 0 spiro atoms. The highest BCUT2D eigenvalue weighted by Gasteiger charge is 2.19. The lowest BCUT2D eigenvalue weighted by atomic mass is 10.2. The van der Waals surface area contributed by atoms with Crippen molar-refractivity contribution >= 4 is 6.09 Å². The maximum atomic E-state index is 11.3.